The van der Waals surface area contributed by atoms with Crippen molar-refractivity contribution in [2.24, 2.45) is 0 Å². The first-order valence-electron chi connectivity index (χ1n) is 5.74. The van der Waals surface area contributed by atoms with E-state index >= 15 is 0 Å². The van der Waals surface area contributed by atoms with Crippen LogP contribution in [0.5, 0.6) is 5.75 Å². The van der Waals surface area contributed by atoms with Crippen molar-refractivity contribution in [2.45, 2.75) is 18.9 Å². The van der Waals surface area contributed by atoms with Gasteiger partial charge in [-0.1, -0.05) is 11.6 Å². The summed E-state index contributed by atoms with van der Waals surface area (Å²) >= 11 is 6.15. The van der Waals surface area contributed by atoms with E-state index in [0.29, 0.717) is 11.2 Å². The Labute approximate surface area is 105 Å². The lowest BCUT2D eigenvalue weighted by molar-refractivity contribution is 0.412. The number of imidazole rings is 1. The summed E-state index contributed by atoms with van der Waals surface area (Å²) < 4.78 is 7.26. The molecule has 1 aliphatic heterocycles. The summed E-state index contributed by atoms with van der Waals surface area (Å²) in [6.45, 7) is 1.04. The standard InChI is InChI=1S/C12H14ClN3O/c1-17-8-4-5-10-11(13)15-12(16(10)7-8)9-3-2-6-14-9/h4-5,7,9,14H,2-3,6H2,1H3. The molecule has 0 aliphatic carbocycles. The van der Waals surface area contributed by atoms with Crippen molar-refractivity contribution in [3.8, 4) is 5.75 Å². The molecule has 2 aromatic heterocycles. The highest BCUT2D eigenvalue weighted by molar-refractivity contribution is 6.32. The van der Waals surface area contributed by atoms with E-state index in [-0.39, 0.29) is 0 Å². The normalized spacial score (nSPS) is 20.0. The molecule has 1 aliphatic rings. The van der Waals surface area contributed by atoms with Crippen molar-refractivity contribution in [2.75, 3.05) is 13.7 Å². The average molecular weight is 252 g/mol. The van der Waals surface area contributed by atoms with Gasteiger partial charge in [-0.2, -0.15) is 0 Å². The van der Waals surface area contributed by atoms with Gasteiger partial charge in [0.05, 0.1) is 24.9 Å². The number of methoxy groups -OCH3 is 1. The van der Waals surface area contributed by atoms with Crippen molar-refractivity contribution in [3.63, 3.8) is 0 Å². The summed E-state index contributed by atoms with van der Waals surface area (Å²) in [5, 5.41) is 3.99. The summed E-state index contributed by atoms with van der Waals surface area (Å²) in [6, 6.07) is 4.13. The zero-order chi connectivity index (χ0) is 11.8. The Hall–Kier alpha value is -1.26. The summed E-state index contributed by atoms with van der Waals surface area (Å²) in [7, 11) is 1.66. The SMILES string of the molecule is COc1ccc2c(Cl)nc(C3CCCN3)n2c1. The molecule has 5 heteroatoms. The van der Waals surface area contributed by atoms with Crippen LogP contribution in [0.15, 0.2) is 18.3 Å². The minimum atomic E-state index is 0.294. The van der Waals surface area contributed by atoms with E-state index in [2.05, 4.69) is 10.3 Å². The lowest BCUT2D eigenvalue weighted by atomic mass is 10.2. The molecule has 1 unspecified atom stereocenters. The van der Waals surface area contributed by atoms with Crippen LogP contribution < -0.4 is 10.1 Å². The Kier molecular flexibility index (Phi) is 2.68. The number of nitrogens with one attached hydrogen (secondary N) is 1. The van der Waals surface area contributed by atoms with E-state index in [9.17, 15) is 0 Å². The molecule has 0 radical (unpaired) electrons. The number of ether oxygens (including phenoxy) is 1. The van der Waals surface area contributed by atoms with Gasteiger partial charge in [0.2, 0.25) is 0 Å². The van der Waals surface area contributed by atoms with Crippen molar-refractivity contribution < 1.29 is 4.74 Å². The predicted octanol–water partition coefficient (Wildman–Crippen LogP) is 2.42. The van der Waals surface area contributed by atoms with Crippen LogP contribution in [-0.4, -0.2) is 23.0 Å². The van der Waals surface area contributed by atoms with Crippen molar-refractivity contribution in [3.05, 3.63) is 29.3 Å². The second-order valence-electron chi connectivity index (χ2n) is 4.23. The van der Waals surface area contributed by atoms with Gasteiger partial charge in [0, 0.05) is 0 Å². The van der Waals surface area contributed by atoms with E-state index in [1.165, 1.54) is 6.42 Å². The minimum absolute atomic E-state index is 0.294. The van der Waals surface area contributed by atoms with Crippen LogP contribution in [0.3, 0.4) is 0 Å². The smallest absolute Gasteiger partial charge is 0.155 e. The number of pyridine rings is 1. The number of halogens is 1. The summed E-state index contributed by atoms with van der Waals surface area (Å²) in [5.41, 5.74) is 0.927. The van der Waals surface area contributed by atoms with Crippen LogP contribution in [-0.2, 0) is 0 Å². The average Bonchev–Trinajstić information content (AvgIpc) is 2.97. The molecule has 0 spiro atoms. The van der Waals surface area contributed by atoms with E-state index in [0.717, 1.165) is 30.1 Å². The maximum Gasteiger partial charge on any atom is 0.155 e. The van der Waals surface area contributed by atoms with Gasteiger partial charge in [0.25, 0.3) is 0 Å². The van der Waals surface area contributed by atoms with Gasteiger partial charge in [-0.15, -0.1) is 0 Å². The highest BCUT2D eigenvalue weighted by atomic mass is 35.5. The van der Waals surface area contributed by atoms with E-state index in [1.54, 1.807) is 7.11 Å². The van der Waals surface area contributed by atoms with Gasteiger partial charge in [0.15, 0.2) is 5.15 Å². The fourth-order valence-corrected chi connectivity index (χ4v) is 2.56. The van der Waals surface area contributed by atoms with Crippen molar-refractivity contribution in [1.82, 2.24) is 14.7 Å². The van der Waals surface area contributed by atoms with Crippen LogP contribution in [0.25, 0.3) is 5.52 Å². The van der Waals surface area contributed by atoms with Gasteiger partial charge in [0.1, 0.15) is 11.6 Å². The number of nitrogens with zero attached hydrogens (tertiary/aromatic N) is 2. The van der Waals surface area contributed by atoms with Crippen LogP contribution in [0, 0.1) is 0 Å². The molecule has 2 aromatic rings. The number of rotatable bonds is 2. The molecule has 4 nitrogen and oxygen atoms in total. The van der Waals surface area contributed by atoms with Gasteiger partial charge in [-0.25, -0.2) is 4.98 Å². The first kappa shape index (κ1) is 10.9. The summed E-state index contributed by atoms with van der Waals surface area (Å²) in [4.78, 5) is 4.46. The lowest BCUT2D eigenvalue weighted by Crippen LogP contribution is -2.15. The Morgan fingerprint density at radius 1 is 1.53 bits per heavy atom. The first-order chi connectivity index (χ1) is 8.29. The van der Waals surface area contributed by atoms with Crippen LogP contribution in [0.2, 0.25) is 5.15 Å². The number of fused-ring (bicyclic) bond motifs is 1. The quantitative estimate of drug-likeness (QED) is 0.891. The third-order valence-corrected chi connectivity index (χ3v) is 3.48. The Bertz CT molecular complexity index is 546. The van der Waals surface area contributed by atoms with Crippen LogP contribution in [0.4, 0.5) is 0 Å². The summed E-state index contributed by atoms with van der Waals surface area (Å²) in [6.07, 6.45) is 4.22. The maximum atomic E-state index is 6.15. The van der Waals surface area contributed by atoms with E-state index in [4.69, 9.17) is 16.3 Å². The second kappa shape index (κ2) is 4.20. The van der Waals surface area contributed by atoms with Crippen LogP contribution in [0.1, 0.15) is 24.7 Å². The van der Waals surface area contributed by atoms with Crippen molar-refractivity contribution >= 4 is 17.1 Å². The number of aromatic nitrogens is 2. The van der Waals surface area contributed by atoms with Gasteiger partial charge >= 0.3 is 0 Å². The molecule has 0 aromatic carbocycles. The number of hydrogen-bond acceptors (Lipinski definition) is 3. The molecule has 1 atom stereocenters. The molecule has 0 amide bonds. The van der Waals surface area contributed by atoms with Gasteiger partial charge in [-0.3, -0.25) is 4.40 Å². The maximum absolute atomic E-state index is 6.15. The Morgan fingerprint density at radius 3 is 3.12 bits per heavy atom. The number of hydrogen-bond donors (Lipinski definition) is 1. The fourth-order valence-electron chi connectivity index (χ4n) is 2.32. The zero-order valence-corrected chi connectivity index (χ0v) is 10.4. The molecule has 0 saturated carbocycles. The third kappa shape index (κ3) is 1.77. The molecular formula is C12H14ClN3O. The Morgan fingerprint density at radius 2 is 2.41 bits per heavy atom. The predicted molar refractivity (Wildman–Crippen MR) is 66.7 cm³/mol. The first-order valence-corrected chi connectivity index (χ1v) is 6.12. The van der Waals surface area contributed by atoms with E-state index < -0.39 is 0 Å². The van der Waals surface area contributed by atoms with Crippen LogP contribution >= 0.6 is 11.6 Å². The second-order valence-corrected chi connectivity index (χ2v) is 4.59. The van der Waals surface area contributed by atoms with Gasteiger partial charge < -0.3 is 10.1 Å². The topological polar surface area (TPSA) is 38.6 Å². The summed E-state index contributed by atoms with van der Waals surface area (Å²) in [5.74, 6) is 1.78. The monoisotopic (exact) mass is 251 g/mol. The van der Waals surface area contributed by atoms with E-state index in [1.807, 2.05) is 22.7 Å². The molecule has 3 rings (SSSR count). The molecular weight excluding hydrogens is 238 g/mol. The Balaban J connectivity index is 2.16. The molecule has 0 bridgehead atoms. The minimum Gasteiger partial charge on any atom is -0.495 e. The molecule has 90 valence electrons. The molecule has 1 N–H and O–H groups in total. The molecule has 3 heterocycles. The highest BCUT2D eigenvalue weighted by Crippen LogP contribution is 2.28. The highest BCUT2D eigenvalue weighted by Gasteiger charge is 2.22. The van der Waals surface area contributed by atoms with Gasteiger partial charge in [-0.05, 0) is 31.5 Å². The lowest BCUT2D eigenvalue weighted by Gasteiger charge is -2.09. The molecule has 1 fully saturated rings. The third-order valence-electron chi connectivity index (χ3n) is 3.20. The fraction of sp³-hybridized carbons (Fsp3) is 0.417. The largest absolute Gasteiger partial charge is 0.495 e. The zero-order valence-electron chi connectivity index (χ0n) is 9.61. The molecule has 17 heavy (non-hydrogen) atoms. The van der Waals surface area contributed by atoms with Crippen molar-refractivity contribution in [1.29, 1.82) is 0 Å². The molecule has 1 saturated heterocycles.